The van der Waals surface area contributed by atoms with E-state index >= 15 is 0 Å². The van der Waals surface area contributed by atoms with E-state index in [2.05, 4.69) is 31.9 Å². The summed E-state index contributed by atoms with van der Waals surface area (Å²) in [6.07, 6.45) is 3.67. The molecule has 5 nitrogen and oxygen atoms in total. The van der Waals surface area contributed by atoms with Gasteiger partial charge in [0.2, 0.25) is 0 Å². The van der Waals surface area contributed by atoms with Gasteiger partial charge in [0.1, 0.15) is 17.9 Å². The summed E-state index contributed by atoms with van der Waals surface area (Å²) in [6, 6.07) is 8.33. The van der Waals surface area contributed by atoms with Crippen LogP contribution in [0, 0.1) is 0 Å². The van der Waals surface area contributed by atoms with Crippen molar-refractivity contribution >= 4 is 5.82 Å². The molecule has 1 aromatic heterocycles. The molecule has 0 aliphatic carbocycles. The molecule has 1 aromatic carbocycles. The molecule has 0 atom stereocenters. The van der Waals surface area contributed by atoms with Crippen LogP contribution in [0.1, 0.15) is 16.8 Å². The van der Waals surface area contributed by atoms with Gasteiger partial charge in [-0.2, -0.15) is 0 Å². The fraction of sp³-hybridized carbons (Fsp3) is 0.444. The predicted octanol–water partition coefficient (Wildman–Crippen LogP) is 2.15. The molecule has 0 amide bonds. The smallest absolute Gasteiger partial charge is 0.134 e. The number of aromatic nitrogens is 2. The molecule has 1 aliphatic heterocycles. The quantitative estimate of drug-likeness (QED) is 0.865. The van der Waals surface area contributed by atoms with Crippen LogP contribution in [-0.2, 0) is 19.4 Å². The van der Waals surface area contributed by atoms with Gasteiger partial charge in [0.25, 0.3) is 0 Å². The minimum atomic E-state index is 0.905. The Labute approximate surface area is 137 Å². The molecule has 122 valence electrons. The van der Waals surface area contributed by atoms with Gasteiger partial charge in [0, 0.05) is 45.7 Å². The second-order valence-electron chi connectivity index (χ2n) is 6.14. The van der Waals surface area contributed by atoms with Gasteiger partial charge in [-0.3, -0.25) is 4.90 Å². The molecule has 0 N–H and O–H groups in total. The van der Waals surface area contributed by atoms with E-state index in [-0.39, 0.29) is 0 Å². The third-order valence-electron chi connectivity index (χ3n) is 4.34. The first-order valence-electron chi connectivity index (χ1n) is 8.02. The van der Waals surface area contributed by atoms with Crippen LogP contribution in [0.25, 0.3) is 0 Å². The van der Waals surface area contributed by atoms with Crippen molar-refractivity contribution in [3.05, 3.63) is 47.4 Å². The first-order chi connectivity index (χ1) is 11.2. The summed E-state index contributed by atoms with van der Waals surface area (Å²) in [5.41, 5.74) is 3.81. The Hall–Kier alpha value is -2.14. The standard InChI is InChI=1S/C18H24N4O/c1-21(2)18-16-8-10-22(11-9-17(16)19-13-20-18)12-14-4-6-15(23-3)7-5-14/h4-7,13H,8-12H2,1-3H3. The molecule has 5 heteroatoms. The third-order valence-corrected chi connectivity index (χ3v) is 4.34. The van der Waals surface area contributed by atoms with E-state index < -0.39 is 0 Å². The number of ether oxygens (including phenoxy) is 1. The van der Waals surface area contributed by atoms with Gasteiger partial charge in [-0.05, 0) is 24.1 Å². The Bertz CT molecular complexity index is 655. The molecular formula is C18H24N4O. The fourth-order valence-corrected chi connectivity index (χ4v) is 3.09. The number of rotatable bonds is 4. The number of fused-ring (bicyclic) bond motifs is 1. The molecule has 2 heterocycles. The summed E-state index contributed by atoms with van der Waals surface area (Å²) >= 11 is 0. The summed E-state index contributed by atoms with van der Waals surface area (Å²) < 4.78 is 5.22. The van der Waals surface area contributed by atoms with Gasteiger partial charge >= 0.3 is 0 Å². The van der Waals surface area contributed by atoms with Crippen molar-refractivity contribution in [3.63, 3.8) is 0 Å². The number of nitrogens with zero attached hydrogens (tertiary/aromatic N) is 4. The Morgan fingerprint density at radius 2 is 1.83 bits per heavy atom. The Balaban J connectivity index is 1.70. The summed E-state index contributed by atoms with van der Waals surface area (Å²) in [5.74, 6) is 1.96. The predicted molar refractivity (Wildman–Crippen MR) is 92.0 cm³/mol. The second-order valence-corrected chi connectivity index (χ2v) is 6.14. The topological polar surface area (TPSA) is 41.5 Å². The Kier molecular flexibility index (Phi) is 4.76. The van der Waals surface area contributed by atoms with Crippen LogP contribution in [-0.4, -0.2) is 49.2 Å². The number of hydrogen-bond acceptors (Lipinski definition) is 5. The zero-order valence-electron chi connectivity index (χ0n) is 14.1. The first kappa shape index (κ1) is 15.7. The highest BCUT2D eigenvalue weighted by molar-refractivity contribution is 5.48. The fourth-order valence-electron chi connectivity index (χ4n) is 3.09. The van der Waals surface area contributed by atoms with E-state index in [9.17, 15) is 0 Å². The Morgan fingerprint density at radius 3 is 2.52 bits per heavy atom. The van der Waals surface area contributed by atoms with E-state index in [0.29, 0.717) is 0 Å². The van der Waals surface area contributed by atoms with Gasteiger partial charge in [0.05, 0.1) is 12.8 Å². The molecule has 2 aromatic rings. The molecule has 3 rings (SSSR count). The maximum absolute atomic E-state index is 5.22. The van der Waals surface area contributed by atoms with Crippen molar-refractivity contribution in [2.75, 3.05) is 39.2 Å². The van der Waals surface area contributed by atoms with Gasteiger partial charge in [-0.25, -0.2) is 9.97 Å². The van der Waals surface area contributed by atoms with Crippen molar-refractivity contribution in [2.24, 2.45) is 0 Å². The van der Waals surface area contributed by atoms with Crippen LogP contribution in [0.5, 0.6) is 5.75 Å². The van der Waals surface area contributed by atoms with E-state index in [1.54, 1.807) is 13.4 Å². The number of benzene rings is 1. The van der Waals surface area contributed by atoms with Crippen molar-refractivity contribution in [3.8, 4) is 5.75 Å². The summed E-state index contributed by atoms with van der Waals surface area (Å²) in [6.45, 7) is 3.03. The summed E-state index contributed by atoms with van der Waals surface area (Å²) in [7, 11) is 5.79. The zero-order valence-corrected chi connectivity index (χ0v) is 14.1. The largest absolute Gasteiger partial charge is 0.497 e. The average Bonchev–Trinajstić information content (AvgIpc) is 2.78. The molecular weight excluding hydrogens is 288 g/mol. The van der Waals surface area contributed by atoms with Crippen molar-refractivity contribution in [1.82, 2.24) is 14.9 Å². The SMILES string of the molecule is COc1ccc(CN2CCc3ncnc(N(C)C)c3CC2)cc1. The van der Waals surface area contributed by atoms with Crippen molar-refractivity contribution in [2.45, 2.75) is 19.4 Å². The minimum Gasteiger partial charge on any atom is -0.497 e. The van der Waals surface area contributed by atoms with Crippen LogP contribution in [0.4, 0.5) is 5.82 Å². The second kappa shape index (κ2) is 6.96. The molecule has 0 bridgehead atoms. The lowest BCUT2D eigenvalue weighted by Crippen LogP contribution is -2.26. The van der Waals surface area contributed by atoms with Crippen LogP contribution in [0.15, 0.2) is 30.6 Å². The van der Waals surface area contributed by atoms with E-state index in [0.717, 1.165) is 44.0 Å². The van der Waals surface area contributed by atoms with Crippen LogP contribution in [0.2, 0.25) is 0 Å². The van der Waals surface area contributed by atoms with Gasteiger partial charge in [-0.15, -0.1) is 0 Å². The highest BCUT2D eigenvalue weighted by Gasteiger charge is 2.19. The maximum Gasteiger partial charge on any atom is 0.134 e. The van der Waals surface area contributed by atoms with Crippen LogP contribution in [0.3, 0.4) is 0 Å². The normalized spacial score (nSPS) is 14.9. The zero-order chi connectivity index (χ0) is 16.2. The summed E-state index contributed by atoms with van der Waals surface area (Å²) in [4.78, 5) is 13.5. The molecule has 0 saturated heterocycles. The van der Waals surface area contributed by atoms with Crippen molar-refractivity contribution in [1.29, 1.82) is 0 Å². The Morgan fingerprint density at radius 1 is 1.09 bits per heavy atom. The molecule has 0 spiro atoms. The monoisotopic (exact) mass is 312 g/mol. The minimum absolute atomic E-state index is 0.905. The lowest BCUT2D eigenvalue weighted by molar-refractivity contribution is 0.279. The van der Waals surface area contributed by atoms with Crippen LogP contribution >= 0.6 is 0 Å². The molecule has 0 saturated carbocycles. The van der Waals surface area contributed by atoms with Crippen molar-refractivity contribution < 1.29 is 4.74 Å². The molecule has 23 heavy (non-hydrogen) atoms. The molecule has 1 aliphatic rings. The highest BCUT2D eigenvalue weighted by Crippen LogP contribution is 2.23. The number of hydrogen-bond donors (Lipinski definition) is 0. The molecule has 0 radical (unpaired) electrons. The summed E-state index contributed by atoms with van der Waals surface area (Å²) in [5, 5.41) is 0. The number of methoxy groups -OCH3 is 1. The maximum atomic E-state index is 5.22. The number of anilines is 1. The van der Waals surface area contributed by atoms with E-state index in [4.69, 9.17) is 4.74 Å². The third kappa shape index (κ3) is 3.62. The molecule has 0 fully saturated rings. The lowest BCUT2D eigenvalue weighted by atomic mass is 10.1. The lowest BCUT2D eigenvalue weighted by Gasteiger charge is -2.20. The van der Waals surface area contributed by atoms with E-state index in [1.807, 2.05) is 26.2 Å². The first-order valence-corrected chi connectivity index (χ1v) is 8.02. The van der Waals surface area contributed by atoms with Gasteiger partial charge < -0.3 is 9.64 Å². The average molecular weight is 312 g/mol. The van der Waals surface area contributed by atoms with Gasteiger partial charge in [-0.1, -0.05) is 12.1 Å². The van der Waals surface area contributed by atoms with E-state index in [1.165, 1.54) is 16.8 Å². The highest BCUT2D eigenvalue weighted by atomic mass is 16.5. The van der Waals surface area contributed by atoms with Crippen LogP contribution < -0.4 is 9.64 Å². The van der Waals surface area contributed by atoms with Gasteiger partial charge in [0.15, 0.2) is 0 Å². The molecule has 0 unspecified atom stereocenters.